The van der Waals surface area contributed by atoms with E-state index >= 15 is 0 Å². The Morgan fingerprint density at radius 1 is 1.06 bits per heavy atom. The van der Waals surface area contributed by atoms with Gasteiger partial charge in [-0.3, -0.25) is 0 Å². The first kappa shape index (κ1) is 22.7. The summed E-state index contributed by atoms with van der Waals surface area (Å²) in [6.45, 7) is 7.62. The maximum atomic E-state index is 6.18. The van der Waals surface area contributed by atoms with Crippen molar-refractivity contribution in [2.24, 2.45) is 11.8 Å². The first-order valence-electron chi connectivity index (χ1n) is 10.9. The average Bonchev–Trinajstić information content (AvgIpc) is 3.13. The molecule has 0 amide bonds. The maximum Gasteiger partial charge on any atom is 0.295 e. The molecule has 4 rings (SSSR count). The van der Waals surface area contributed by atoms with Gasteiger partial charge >= 0.3 is 0 Å². The Morgan fingerprint density at radius 2 is 1.84 bits per heavy atom. The van der Waals surface area contributed by atoms with Gasteiger partial charge in [0.1, 0.15) is 5.52 Å². The fraction of sp³-hybridized carbons (Fsp3) is 0.458. The van der Waals surface area contributed by atoms with Crippen LogP contribution in [0.1, 0.15) is 32.3 Å². The zero-order valence-corrected chi connectivity index (χ0v) is 20.1. The molecule has 1 saturated heterocycles. The highest BCUT2D eigenvalue weighted by atomic mass is 35.5. The monoisotopic (exact) mass is 479 g/mol. The number of rotatable bonds is 7. The Bertz CT molecular complexity index is 1030. The molecule has 0 radical (unpaired) electrons. The molecule has 1 N–H and O–H groups in total. The largest absolute Gasteiger partial charge is 0.423 e. The van der Waals surface area contributed by atoms with Crippen LogP contribution < -0.4 is 5.32 Å². The number of fused-ring (bicyclic) bond motifs is 1. The van der Waals surface area contributed by atoms with Crippen LogP contribution in [0, 0.1) is 11.8 Å². The SMILES string of the molecule is CC(C)[C@@H](CN1CCC(Cc2ccc(Cl)c(Cl)c2)CC1)Nc1nc2ccc(Cl)cc2o1. The van der Waals surface area contributed by atoms with Crippen molar-refractivity contribution in [1.82, 2.24) is 9.88 Å². The molecule has 0 spiro atoms. The van der Waals surface area contributed by atoms with E-state index in [9.17, 15) is 0 Å². The van der Waals surface area contributed by atoms with Crippen molar-refractivity contribution in [2.75, 3.05) is 25.0 Å². The third kappa shape index (κ3) is 5.87. The number of oxazole rings is 1. The molecule has 0 unspecified atom stereocenters. The van der Waals surface area contributed by atoms with Gasteiger partial charge in [-0.1, -0.05) is 54.7 Å². The predicted octanol–water partition coefficient (Wildman–Crippen LogP) is 7.18. The van der Waals surface area contributed by atoms with Crippen LogP contribution in [0.5, 0.6) is 0 Å². The van der Waals surface area contributed by atoms with Gasteiger partial charge in [0.25, 0.3) is 6.01 Å². The van der Waals surface area contributed by atoms with Crippen molar-refractivity contribution in [2.45, 2.75) is 39.2 Å². The molecule has 1 aromatic heterocycles. The lowest BCUT2D eigenvalue weighted by Gasteiger charge is -2.35. The second-order valence-corrected chi connectivity index (χ2v) is 10.1. The number of aromatic nitrogens is 1. The molecule has 2 aromatic carbocycles. The van der Waals surface area contributed by atoms with E-state index in [2.05, 4.69) is 35.1 Å². The van der Waals surface area contributed by atoms with E-state index in [0.29, 0.717) is 38.5 Å². The van der Waals surface area contributed by atoms with Gasteiger partial charge in [0.05, 0.1) is 10.0 Å². The topological polar surface area (TPSA) is 41.3 Å². The van der Waals surface area contributed by atoms with Gasteiger partial charge in [-0.25, -0.2) is 0 Å². The summed E-state index contributed by atoms with van der Waals surface area (Å²) in [6.07, 6.45) is 3.43. The lowest BCUT2D eigenvalue weighted by atomic mass is 9.89. The summed E-state index contributed by atoms with van der Waals surface area (Å²) in [5.41, 5.74) is 2.80. The van der Waals surface area contributed by atoms with Gasteiger partial charge in [-0.2, -0.15) is 4.98 Å². The molecule has 1 fully saturated rings. The Morgan fingerprint density at radius 3 is 2.55 bits per heavy atom. The number of hydrogen-bond acceptors (Lipinski definition) is 4. The zero-order valence-electron chi connectivity index (χ0n) is 17.9. The molecule has 2 heterocycles. The fourth-order valence-electron chi connectivity index (χ4n) is 4.19. The molecule has 1 aliphatic heterocycles. The highest BCUT2D eigenvalue weighted by Gasteiger charge is 2.24. The zero-order chi connectivity index (χ0) is 22.0. The molecular weight excluding hydrogens is 453 g/mol. The first-order chi connectivity index (χ1) is 14.9. The van der Waals surface area contributed by atoms with Crippen LogP contribution in [-0.2, 0) is 6.42 Å². The number of nitrogens with one attached hydrogen (secondary N) is 1. The van der Waals surface area contributed by atoms with Gasteiger partial charge in [-0.05, 0) is 74.0 Å². The standard InChI is InChI=1S/C24H28Cl3N3O/c1-15(2)22(29-24-28-21-6-4-18(25)13-23(21)31-24)14-30-9-7-16(8-10-30)11-17-3-5-19(26)20(27)12-17/h3-6,12-13,15-16,22H,7-11,14H2,1-2H3,(H,28,29)/t22-/m1/s1. The number of benzene rings is 2. The highest BCUT2D eigenvalue weighted by molar-refractivity contribution is 6.42. The van der Waals surface area contributed by atoms with Gasteiger partial charge < -0.3 is 14.6 Å². The van der Waals surface area contributed by atoms with Crippen LogP contribution in [0.3, 0.4) is 0 Å². The van der Waals surface area contributed by atoms with Crippen molar-refractivity contribution in [3.05, 3.63) is 57.0 Å². The van der Waals surface area contributed by atoms with E-state index in [1.807, 2.05) is 24.3 Å². The van der Waals surface area contributed by atoms with Crippen LogP contribution in [0.15, 0.2) is 40.8 Å². The van der Waals surface area contributed by atoms with Crippen molar-refractivity contribution < 1.29 is 4.42 Å². The Labute approximate surface area is 198 Å². The molecular formula is C24H28Cl3N3O. The van der Waals surface area contributed by atoms with Gasteiger partial charge in [0, 0.05) is 23.7 Å². The molecule has 0 saturated carbocycles. The lowest BCUT2D eigenvalue weighted by Crippen LogP contribution is -2.43. The minimum Gasteiger partial charge on any atom is -0.423 e. The molecule has 7 heteroatoms. The predicted molar refractivity (Wildman–Crippen MR) is 131 cm³/mol. The number of anilines is 1. The van der Waals surface area contributed by atoms with Crippen molar-refractivity contribution in [3.8, 4) is 0 Å². The van der Waals surface area contributed by atoms with E-state index in [-0.39, 0.29) is 6.04 Å². The van der Waals surface area contributed by atoms with Crippen LogP contribution in [0.2, 0.25) is 15.1 Å². The number of nitrogens with zero attached hydrogens (tertiary/aromatic N) is 2. The summed E-state index contributed by atoms with van der Waals surface area (Å²) < 4.78 is 5.87. The number of piperidine rings is 1. The Hall–Kier alpha value is -1.46. The molecule has 31 heavy (non-hydrogen) atoms. The summed E-state index contributed by atoms with van der Waals surface area (Å²) >= 11 is 18.3. The summed E-state index contributed by atoms with van der Waals surface area (Å²) in [7, 11) is 0. The van der Waals surface area contributed by atoms with Crippen LogP contribution in [0.4, 0.5) is 6.01 Å². The van der Waals surface area contributed by atoms with Crippen molar-refractivity contribution in [3.63, 3.8) is 0 Å². The third-order valence-corrected chi connectivity index (χ3v) is 7.11. The summed E-state index contributed by atoms with van der Waals surface area (Å²) in [4.78, 5) is 7.11. The summed E-state index contributed by atoms with van der Waals surface area (Å²) in [6, 6.07) is 12.3. The smallest absolute Gasteiger partial charge is 0.295 e. The van der Waals surface area contributed by atoms with Crippen LogP contribution in [0.25, 0.3) is 11.1 Å². The average molecular weight is 481 g/mol. The molecule has 4 nitrogen and oxygen atoms in total. The third-order valence-electron chi connectivity index (χ3n) is 6.13. The molecule has 1 aliphatic rings. The van der Waals surface area contributed by atoms with Crippen LogP contribution >= 0.6 is 34.8 Å². The molecule has 0 aliphatic carbocycles. The van der Waals surface area contributed by atoms with Crippen molar-refractivity contribution >= 4 is 51.9 Å². The van der Waals surface area contributed by atoms with E-state index in [0.717, 1.165) is 31.6 Å². The Kier molecular flexibility index (Phi) is 7.33. The minimum atomic E-state index is 0.259. The van der Waals surface area contributed by atoms with Gasteiger partial charge in [0.15, 0.2) is 5.58 Å². The molecule has 3 aromatic rings. The normalized spacial score (nSPS) is 16.8. The fourth-order valence-corrected chi connectivity index (χ4v) is 4.68. The number of hydrogen-bond donors (Lipinski definition) is 1. The summed E-state index contributed by atoms with van der Waals surface area (Å²) in [5.74, 6) is 1.13. The molecule has 0 bridgehead atoms. The maximum absolute atomic E-state index is 6.18. The van der Waals surface area contributed by atoms with Crippen molar-refractivity contribution in [1.29, 1.82) is 0 Å². The lowest BCUT2D eigenvalue weighted by molar-refractivity contribution is 0.169. The Balaban J connectivity index is 1.32. The first-order valence-corrected chi connectivity index (χ1v) is 12.0. The van der Waals surface area contributed by atoms with Gasteiger partial charge in [-0.15, -0.1) is 0 Å². The van der Waals surface area contributed by atoms with E-state index in [4.69, 9.17) is 39.2 Å². The molecule has 166 valence electrons. The van der Waals surface area contributed by atoms with E-state index in [1.54, 1.807) is 6.07 Å². The number of halogens is 3. The summed E-state index contributed by atoms with van der Waals surface area (Å²) in [5, 5.41) is 5.42. The minimum absolute atomic E-state index is 0.259. The van der Waals surface area contributed by atoms with Crippen LogP contribution in [-0.4, -0.2) is 35.6 Å². The second-order valence-electron chi connectivity index (χ2n) is 8.82. The quantitative estimate of drug-likeness (QED) is 0.389. The molecule has 1 atom stereocenters. The van der Waals surface area contributed by atoms with E-state index < -0.39 is 0 Å². The second kappa shape index (κ2) is 9.99. The van der Waals surface area contributed by atoms with Gasteiger partial charge in [0.2, 0.25) is 0 Å². The highest BCUT2D eigenvalue weighted by Crippen LogP contribution is 2.28. The van der Waals surface area contributed by atoms with E-state index in [1.165, 1.54) is 18.4 Å². The number of likely N-dealkylation sites (tertiary alicyclic amines) is 1.